The highest BCUT2D eigenvalue weighted by molar-refractivity contribution is 7.99. The molecule has 0 radical (unpaired) electrons. The number of rotatable bonds is 7. The van der Waals surface area contributed by atoms with E-state index in [4.69, 9.17) is 26.8 Å². The molecule has 2 rings (SSSR count). The van der Waals surface area contributed by atoms with Gasteiger partial charge in [0, 0.05) is 17.0 Å². The van der Waals surface area contributed by atoms with E-state index < -0.39 is 5.97 Å². The smallest absolute Gasteiger partial charge is 0.343 e. The van der Waals surface area contributed by atoms with Crippen LogP contribution in [-0.4, -0.2) is 34.9 Å². The Hall–Kier alpha value is -1.99. The van der Waals surface area contributed by atoms with E-state index in [0.717, 1.165) is 5.75 Å². The van der Waals surface area contributed by atoms with Crippen molar-refractivity contribution in [2.24, 2.45) is 0 Å². The third-order valence-corrected chi connectivity index (χ3v) is 3.77. The van der Waals surface area contributed by atoms with E-state index in [2.05, 4.69) is 9.97 Å². The highest BCUT2D eigenvalue weighted by atomic mass is 35.5. The van der Waals surface area contributed by atoms with Gasteiger partial charge in [-0.25, -0.2) is 14.8 Å². The van der Waals surface area contributed by atoms with Crippen LogP contribution in [0.2, 0.25) is 5.02 Å². The lowest BCUT2D eigenvalue weighted by atomic mass is 10.3. The first-order valence-electron chi connectivity index (χ1n) is 6.91. The normalized spacial score (nSPS) is 10.3. The number of hydrogen-bond acceptors (Lipinski definition) is 7. The molecule has 0 fully saturated rings. The maximum absolute atomic E-state index is 11.6. The summed E-state index contributed by atoms with van der Waals surface area (Å²) in [6.07, 6.45) is 1.38. The number of anilines is 1. The Morgan fingerprint density at radius 2 is 2.09 bits per heavy atom. The summed E-state index contributed by atoms with van der Waals surface area (Å²) in [7, 11) is 0. The summed E-state index contributed by atoms with van der Waals surface area (Å²) in [6, 6.07) is 7.13. The van der Waals surface area contributed by atoms with Crippen molar-refractivity contribution in [3.8, 4) is 5.75 Å². The molecule has 1 aromatic heterocycles. The molecular weight excluding hydrogens is 338 g/mol. The van der Waals surface area contributed by atoms with Crippen LogP contribution in [-0.2, 0) is 4.74 Å². The topological polar surface area (TPSA) is 87.3 Å². The van der Waals surface area contributed by atoms with Gasteiger partial charge in [-0.05, 0) is 31.2 Å². The van der Waals surface area contributed by atoms with Crippen LogP contribution >= 0.6 is 23.4 Å². The first-order valence-corrected chi connectivity index (χ1v) is 8.27. The third-order valence-electron chi connectivity index (χ3n) is 2.69. The first-order chi connectivity index (χ1) is 11.1. The molecule has 0 saturated heterocycles. The molecular formula is C15H16ClN3O3S. The molecule has 1 aromatic carbocycles. The number of nitrogens with zero attached hydrogens (tertiary/aromatic N) is 2. The minimum Gasteiger partial charge on any atom is -0.493 e. The van der Waals surface area contributed by atoms with Crippen LogP contribution in [0.4, 0.5) is 5.82 Å². The summed E-state index contributed by atoms with van der Waals surface area (Å²) in [4.78, 5) is 19.8. The van der Waals surface area contributed by atoms with Crippen LogP contribution < -0.4 is 10.5 Å². The lowest BCUT2D eigenvalue weighted by molar-refractivity contribution is 0.0526. The maximum Gasteiger partial charge on any atom is 0.343 e. The molecule has 0 saturated carbocycles. The van der Waals surface area contributed by atoms with Crippen molar-refractivity contribution in [2.75, 3.05) is 24.7 Å². The van der Waals surface area contributed by atoms with Crippen LogP contribution in [0.3, 0.4) is 0 Å². The minimum absolute atomic E-state index is 0.111. The van der Waals surface area contributed by atoms with Gasteiger partial charge in [-0.2, -0.15) is 0 Å². The van der Waals surface area contributed by atoms with Gasteiger partial charge in [0.05, 0.1) is 13.2 Å². The van der Waals surface area contributed by atoms with E-state index in [1.807, 2.05) is 0 Å². The second kappa shape index (κ2) is 8.59. The van der Waals surface area contributed by atoms with Crippen molar-refractivity contribution in [1.29, 1.82) is 0 Å². The molecule has 0 aliphatic carbocycles. The number of thioether (sulfide) groups is 1. The zero-order valence-corrected chi connectivity index (χ0v) is 14.1. The third kappa shape index (κ3) is 5.30. The SMILES string of the molecule is CCOC(=O)c1cnc(SCCOc2ccc(Cl)cc2)nc1N. The number of halogens is 1. The molecule has 0 aliphatic heterocycles. The second-order valence-electron chi connectivity index (χ2n) is 4.32. The van der Waals surface area contributed by atoms with Crippen LogP contribution in [0.15, 0.2) is 35.6 Å². The number of aromatic nitrogens is 2. The lowest BCUT2D eigenvalue weighted by Crippen LogP contribution is -2.11. The molecule has 23 heavy (non-hydrogen) atoms. The van der Waals surface area contributed by atoms with E-state index in [1.54, 1.807) is 31.2 Å². The summed E-state index contributed by atoms with van der Waals surface area (Å²) in [5, 5.41) is 1.15. The molecule has 2 aromatic rings. The Balaban J connectivity index is 1.83. The number of ether oxygens (including phenoxy) is 2. The number of nitrogens with two attached hydrogens (primary N) is 1. The minimum atomic E-state index is -0.521. The van der Waals surface area contributed by atoms with Gasteiger partial charge < -0.3 is 15.2 Å². The first kappa shape index (κ1) is 17.4. The summed E-state index contributed by atoms with van der Waals surface area (Å²) in [5.74, 6) is 0.973. The number of esters is 1. The number of nitrogen functional groups attached to an aromatic ring is 1. The van der Waals surface area contributed by atoms with Crippen LogP contribution in [0.1, 0.15) is 17.3 Å². The lowest BCUT2D eigenvalue weighted by Gasteiger charge is -2.07. The van der Waals surface area contributed by atoms with Gasteiger partial charge in [-0.1, -0.05) is 23.4 Å². The molecule has 6 nitrogen and oxygen atoms in total. The quantitative estimate of drug-likeness (QED) is 0.354. The van der Waals surface area contributed by atoms with Crippen LogP contribution in [0.5, 0.6) is 5.75 Å². The number of carbonyl (C=O) groups excluding carboxylic acids is 1. The Labute approximate surface area is 143 Å². The van der Waals surface area contributed by atoms with Gasteiger partial charge in [0.2, 0.25) is 0 Å². The van der Waals surface area contributed by atoms with Gasteiger partial charge in [-0.3, -0.25) is 0 Å². The molecule has 0 spiro atoms. The number of hydrogen-bond donors (Lipinski definition) is 1. The van der Waals surface area contributed by atoms with E-state index >= 15 is 0 Å². The summed E-state index contributed by atoms with van der Waals surface area (Å²) in [5.41, 5.74) is 5.93. The second-order valence-corrected chi connectivity index (χ2v) is 5.82. The van der Waals surface area contributed by atoms with Crippen molar-refractivity contribution < 1.29 is 14.3 Å². The van der Waals surface area contributed by atoms with Gasteiger partial charge in [0.1, 0.15) is 17.1 Å². The average molecular weight is 354 g/mol. The van der Waals surface area contributed by atoms with E-state index in [-0.39, 0.29) is 18.0 Å². The van der Waals surface area contributed by atoms with Crippen molar-refractivity contribution >= 4 is 35.1 Å². The Morgan fingerprint density at radius 3 is 2.74 bits per heavy atom. The van der Waals surface area contributed by atoms with E-state index in [0.29, 0.717) is 22.5 Å². The molecule has 1 heterocycles. The zero-order chi connectivity index (χ0) is 16.7. The monoisotopic (exact) mass is 353 g/mol. The Kier molecular flexibility index (Phi) is 6.49. The molecule has 8 heteroatoms. The van der Waals surface area contributed by atoms with Gasteiger partial charge >= 0.3 is 5.97 Å². The van der Waals surface area contributed by atoms with E-state index in [1.165, 1.54) is 18.0 Å². The van der Waals surface area contributed by atoms with Gasteiger partial charge in [-0.15, -0.1) is 0 Å². The van der Waals surface area contributed by atoms with E-state index in [9.17, 15) is 4.79 Å². The summed E-state index contributed by atoms with van der Waals surface area (Å²) in [6.45, 7) is 2.48. The van der Waals surface area contributed by atoms with Crippen molar-refractivity contribution in [1.82, 2.24) is 9.97 Å². The van der Waals surface area contributed by atoms with Crippen molar-refractivity contribution in [3.05, 3.63) is 41.0 Å². The predicted octanol–water partition coefficient (Wildman–Crippen LogP) is 3.06. The fraction of sp³-hybridized carbons (Fsp3) is 0.267. The molecule has 122 valence electrons. The van der Waals surface area contributed by atoms with Crippen molar-refractivity contribution in [2.45, 2.75) is 12.1 Å². The van der Waals surface area contributed by atoms with Crippen LogP contribution in [0.25, 0.3) is 0 Å². The molecule has 0 amide bonds. The molecule has 2 N–H and O–H groups in total. The van der Waals surface area contributed by atoms with Gasteiger partial charge in [0.25, 0.3) is 0 Å². The fourth-order valence-electron chi connectivity index (χ4n) is 1.64. The summed E-state index contributed by atoms with van der Waals surface area (Å²) < 4.78 is 10.4. The largest absolute Gasteiger partial charge is 0.493 e. The molecule has 0 atom stereocenters. The Morgan fingerprint density at radius 1 is 1.35 bits per heavy atom. The van der Waals surface area contributed by atoms with Crippen molar-refractivity contribution in [3.63, 3.8) is 0 Å². The fourth-order valence-corrected chi connectivity index (χ4v) is 2.40. The number of carbonyl (C=O) groups is 1. The maximum atomic E-state index is 11.6. The molecule has 0 bridgehead atoms. The summed E-state index contributed by atoms with van der Waals surface area (Å²) >= 11 is 7.19. The highest BCUT2D eigenvalue weighted by Crippen LogP contribution is 2.19. The number of benzene rings is 1. The van der Waals surface area contributed by atoms with Crippen LogP contribution in [0, 0.1) is 0 Å². The zero-order valence-electron chi connectivity index (χ0n) is 12.5. The highest BCUT2D eigenvalue weighted by Gasteiger charge is 2.13. The Bertz CT molecular complexity index is 668. The van der Waals surface area contributed by atoms with Gasteiger partial charge in [0.15, 0.2) is 5.16 Å². The molecule has 0 unspecified atom stereocenters. The predicted molar refractivity (Wildman–Crippen MR) is 90.1 cm³/mol. The average Bonchev–Trinajstić information content (AvgIpc) is 2.53. The molecule has 0 aliphatic rings. The standard InChI is InChI=1S/C15H16ClN3O3S/c1-2-21-14(20)12-9-18-15(19-13(12)17)23-8-7-22-11-5-3-10(16)4-6-11/h3-6,9H,2,7-8H2,1H3,(H2,17,18,19).